The molecule has 0 radical (unpaired) electrons. The predicted octanol–water partition coefficient (Wildman–Crippen LogP) is 2.09. The maximum absolute atomic E-state index is 14.6. The highest BCUT2D eigenvalue weighted by Crippen LogP contribution is 2.34. The number of hydrogen-bond donors (Lipinski definition) is 1. The van der Waals surface area contributed by atoms with Gasteiger partial charge in [0.1, 0.15) is 17.7 Å². The van der Waals surface area contributed by atoms with Gasteiger partial charge in [0, 0.05) is 16.9 Å². The fourth-order valence-corrected chi connectivity index (χ4v) is 4.27. The summed E-state index contributed by atoms with van der Waals surface area (Å²) in [4.78, 5) is 23.8. The summed E-state index contributed by atoms with van der Waals surface area (Å²) in [5.74, 6) is -4.45. The molecular formula is C17H16F4N2O5S. The Morgan fingerprint density at radius 2 is 1.93 bits per heavy atom. The lowest BCUT2D eigenvalue weighted by molar-refractivity contribution is -0.132. The minimum atomic E-state index is -3.37. The van der Waals surface area contributed by atoms with Gasteiger partial charge in [-0.05, 0) is 18.6 Å². The van der Waals surface area contributed by atoms with Gasteiger partial charge in [-0.3, -0.25) is 9.69 Å². The van der Waals surface area contributed by atoms with Crippen LogP contribution >= 0.6 is 0 Å². The Balaban J connectivity index is 1.75. The van der Waals surface area contributed by atoms with Crippen LogP contribution in [0.5, 0.6) is 0 Å². The van der Waals surface area contributed by atoms with Crippen LogP contribution < -0.4 is 10.2 Å². The molecule has 2 aliphatic heterocycles. The smallest absolute Gasteiger partial charge is 0.414 e. The SMILES string of the molecule is O=C(NC[C@H]1CN(c2cc(F)c(C3C=CS(=O)(=O)CC3)c(F)c2)C(=O)O1)C(F)F. The molecule has 1 aromatic carbocycles. The number of benzene rings is 1. The van der Waals surface area contributed by atoms with Gasteiger partial charge in [-0.2, -0.15) is 8.78 Å². The van der Waals surface area contributed by atoms with Crippen molar-refractivity contribution < 1.29 is 40.3 Å². The average Bonchev–Trinajstić information content (AvgIpc) is 3.01. The number of nitrogens with zero attached hydrogens (tertiary/aromatic N) is 1. The van der Waals surface area contributed by atoms with E-state index < -0.39 is 51.9 Å². The van der Waals surface area contributed by atoms with Crippen molar-refractivity contribution in [3.05, 3.63) is 40.8 Å². The lowest BCUT2D eigenvalue weighted by Crippen LogP contribution is -2.37. The van der Waals surface area contributed by atoms with Gasteiger partial charge < -0.3 is 10.1 Å². The minimum Gasteiger partial charge on any atom is -0.442 e. The fraction of sp³-hybridized carbons (Fsp3) is 0.412. The molecule has 1 unspecified atom stereocenters. The second-order valence-corrected chi connectivity index (χ2v) is 8.58. The van der Waals surface area contributed by atoms with E-state index in [1.54, 1.807) is 0 Å². The van der Waals surface area contributed by atoms with Gasteiger partial charge in [-0.1, -0.05) is 6.08 Å². The van der Waals surface area contributed by atoms with Crippen LogP contribution in [0.3, 0.4) is 0 Å². The van der Waals surface area contributed by atoms with E-state index in [0.29, 0.717) is 0 Å². The molecule has 7 nitrogen and oxygen atoms in total. The zero-order chi connectivity index (χ0) is 21.3. The van der Waals surface area contributed by atoms with Crippen LogP contribution in [0, 0.1) is 11.6 Å². The van der Waals surface area contributed by atoms with Crippen LogP contribution in [-0.2, 0) is 19.4 Å². The minimum absolute atomic E-state index is 0.0175. The van der Waals surface area contributed by atoms with Crippen LogP contribution in [-0.4, -0.2) is 51.8 Å². The van der Waals surface area contributed by atoms with E-state index in [4.69, 9.17) is 4.74 Å². The first kappa shape index (κ1) is 21.1. The molecule has 0 saturated carbocycles. The highest BCUT2D eigenvalue weighted by Gasteiger charge is 2.34. The number of anilines is 1. The van der Waals surface area contributed by atoms with Crippen molar-refractivity contribution in [2.75, 3.05) is 23.7 Å². The number of carbonyl (C=O) groups excluding carboxylic acids is 2. The Bertz CT molecular complexity index is 944. The summed E-state index contributed by atoms with van der Waals surface area (Å²) in [7, 11) is -3.37. The fourth-order valence-electron chi connectivity index (χ4n) is 3.12. The van der Waals surface area contributed by atoms with Crippen LogP contribution in [0.15, 0.2) is 23.6 Å². The molecule has 3 rings (SSSR count). The topological polar surface area (TPSA) is 92.8 Å². The highest BCUT2D eigenvalue weighted by atomic mass is 32.2. The summed E-state index contributed by atoms with van der Waals surface area (Å²) in [6.07, 6.45) is -3.91. The van der Waals surface area contributed by atoms with Crippen LogP contribution in [0.25, 0.3) is 0 Å². The molecule has 1 aromatic rings. The van der Waals surface area contributed by atoms with Gasteiger partial charge in [-0.25, -0.2) is 22.0 Å². The van der Waals surface area contributed by atoms with E-state index in [1.807, 2.05) is 5.32 Å². The third-order valence-electron chi connectivity index (χ3n) is 4.55. The van der Waals surface area contributed by atoms with E-state index >= 15 is 0 Å². The second-order valence-electron chi connectivity index (χ2n) is 6.58. The van der Waals surface area contributed by atoms with Crippen LogP contribution in [0.2, 0.25) is 0 Å². The number of amides is 2. The van der Waals surface area contributed by atoms with Crippen LogP contribution in [0.4, 0.5) is 28.0 Å². The van der Waals surface area contributed by atoms with Gasteiger partial charge in [0.05, 0.1) is 24.5 Å². The molecule has 29 heavy (non-hydrogen) atoms. The van der Waals surface area contributed by atoms with Crippen molar-refractivity contribution in [2.45, 2.75) is 24.9 Å². The van der Waals surface area contributed by atoms with Gasteiger partial charge in [-0.15, -0.1) is 0 Å². The maximum Gasteiger partial charge on any atom is 0.414 e. The molecule has 0 aliphatic carbocycles. The molecule has 1 fully saturated rings. The molecule has 1 saturated heterocycles. The number of nitrogens with one attached hydrogen (secondary N) is 1. The number of rotatable bonds is 5. The van der Waals surface area contributed by atoms with E-state index in [9.17, 15) is 35.6 Å². The summed E-state index contributed by atoms with van der Waals surface area (Å²) in [6, 6.07) is 1.83. The Morgan fingerprint density at radius 3 is 2.48 bits per heavy atom. The average molecular weight is 436 g/mol. The number of hydrogen-bond acceptors (Lipinski definition) is 5. The quantitative estimate of drug-likeness (QED) is 0.714. The van der Waals surface area contributed by atoms with Gasteiger partial charge >= 0.3 is 12.5 Å². The van der Waals surface area contributed by atoms with E-state index in [2.05, 4.69) is 0 Å². The van der Waals surface area contributed by atoms with E-state index in [0.717, 1.165) is 22.4 Å². The molecule has 0 spiro atoms. The number of sulfone groups is 1. The molecule has 0 aromatic heterocycles. The van der Waals surface area contributed by atoms with Crippen molar-refractivity contribution in [1.29, 1.82) is 0 Å². The van der Waals surface area contributed by atoms with Crippen LogP contribution in [0.1, 0.15) is 17.9 Å². The molecule has 0 bridgehead atoms. The largest absolute Gasteiger partial charge is 0.442 e. The van der Waals surface area contributed by atoms with Gasteiger partial charge in [0.2, 0.25) is 0 Å². The summed E-state index contributed by atoms with van der Waals surface area (Å²) in [6.45, 7) is -0.585. The van der Waals surface area contributed by atoms with Crippen molar-refractivity contribution in [3.8, 4) is 0 Å². The number of ether oxygens (including phenoxy) is 1. The summed E-state index contributed by atoms with van der Waals surface area (Å²) >= 11 is 0. The third-order valence-corrected chi connectivity index (χ3v) is 5.93. The first-order valence-electron chi connectivity index (χ1n) is 8.51. The monoisotopic (exact) mass is 436 g/mol. The number of halogens is 4. The molecule has 12 heteroatoms. The van der Waals surface area contributed by atoms with Crippen molar-refractivity contribution >= 4 is 27.5 Å². The van der Waals surface area contributed by atoms with E-state index in [1.165, 1.54) is 6.08 Å². The first-order chi connectivity index (χ1) is 13.6. The lowest BCUT2D eigenvalue weighted by atomic mass is 9.95. The predicted molar refractivity (Wildman–Crippen MR) is 93.3 cm³/mol. The Kier molecular flexibility index (Phi) is 5.82. The van der Waals surface area contributed by atoms with Crippen molar-refractivity contribution in [1.82, 2.24) is 5.32 Å². The number of allylic oxidation sites excluding steroid dienone is 1. The molecule has 2 atom stereocenters. The number of cyclic esters (lactones) is 1. The molecule has 158 valence electrons. The summed E-state index contributed by atoms with van der Waals surface area (Å²) in [5.41, 5.74) is -0.461. The first-order valence-corrected chi connectivity index (χ1v) is 10.2. The molecule has 1 N–H and O–H groups in total. The lowest BCUT2D eigenvalue weighted by Gasteiger charge is -2.20. The number of alkyl halides is 2. The zero-order valence-electron chi connectivity index (χ0n) is 14.8. The molecule has 2 aliphatic rings. The molecular weight excluding hydrogens is 420 g/mol. The Morgan fingerprint density at radius 1 is 1.28 bits per heavy atom. The Hall–Kier alpha value is -2.63. The summed E-state index contributed by atoms with van der Waals surface area (Å²) < 4.78 is 81.3. The highest BCUT2D eigenvalue weighted by molar-refractivity contribution is 7.94. The molecule has 2 heterocycles. The maximum atomic E-state index is 14.6. The summed E-state index contributed by atoms with van der Waals surface area (Å²) in [5, 5.41) is 2.82. The normalized spacial score (nSPS) is 23.3. The zero-order valence-corrected chi connectivity index (χ0v) is 15.6. The molecule has 2 amide bonds. The van der Waals surface area contributed by atoms with Crippen molar-refractivity contribution in [3.63, 3.8) is 0 Å². The third kappa shape index (κ3) is 4.69. The van der Waals surface area contributed by atoms with Crippen molar-refractivity contribution in [2.24, 2.45) is 0 Å². The van der Waals surface area contributed by atoms with E-state index in [-0.39, 0.29) is 36.5 Å². The van der Waals surface area contributed by atoms with Gasteiger partial charge in [0.15, 0.2) is 9.84 Å². The standard InChI is InChI=1S/C17H16F4N2O5S/c18-12-5-10(6-13(19)14(12)9-1-3-29(26,27)4-2-9)23-8-11(28-17(23)25)7-22-16(24)15(20)21/h1,3,5-6,9,11,15H,2,4,7-8H2,(H,22,24)/t9?,11-/m0/s1. The Labute approximate surface area is 163 Å². The van der Waals surface area contributed by atoms with Gasteiger partial charge in [0.25, 0.3) is 5.91 Å². The second kappa shape index (κ2) is 8.01. The number of carbonyl (C=O) groups is 2.